The molecule has 0 saturated carbocycles. The second kappa shape index (κ2) is 8.98. The zero-order chi connectivity index (χ0) is 20.9. The molecular formula is C23H26N4O3. The maximum atomic E-state index is 12.9. The van der Waals surface area contributed by atoms with Crippen molar-refractivity contribution in [2.24, 2.45) is 5.92 Å². The number of anilines is 2. The Morgan fingerprint density at radius 2 is 1.87 bits per heavy atom. The molecule has 1 aromatic heterocycles. The highest BCUT2D eigenvalue weighted by Crippen LogP contribution is 2.31. The number of nitrogens with one attached hydrogen (secondary N) is 1. The van der Waals surface area contributed by atoms with Gasteiger partial charge in [0.25, 0.3) is 5.88 Å². The molecule has 4 rings (SSSR count). The Hall–Kier alpha value is -3.35. The van der Waals surface area contributed by atoms with Crippen LogP contribution in [-0.4, -0.2) is 42.7 Å². The minimum Gasteiger partial charge on any atom is -0.497 e. The molecule has 1 atom stereocenters. The van der Waals surface area contributed by atoms with Gasteiger partial charge in [-0.15, -0.1) is 0 Å². The third kappa shape index (κ3) is 4.30. The van der Waals surface area contributed by atoms with Crippen LogP contribution in [0.2, 0.25) is 0 Å². The fourth-order valence-electron chi connectivity index (χ4n) is 3.72. The first-order valence-electron chi connectivity index (χ1n) is 10.3. The maximum Gasteiger partial charge on any atom is 0.258 e. The smallest absolute Gasteiger partial charge is 0.258 e. The quantitative estimate of drug-likeness (QED) is 0.669. The monoisotopic (exact) mass is 406 g/mol. The van der Waals surface area contributed by atoms with Crippen LogP contribution in [0.4, 0.5) is 11.5 Å². The molecule has 7 heteroatoms. The van der Waals surface area contributed by atoms with Gasteiger partial charge in [-0.05, 0) is 56.2 Å². The standard InChI is InChI=1S/C23H26N4O3/c1-3-30-23-21(25-19-8-4-5-9-20(19)26-23)27-14-6-7-16(15-27)22(28)24-17-10-12-18(29-2)13-11-17/h4-5,8-13,16H,3,6-7,14-15H2,1-2H3,(H,24,28)/t16-/m0/s1. The summed E-state index contributed by atoms with van der Waals surface area (Å²) in [6.07, 6.45) is 1.74. The predicted molar refractivity (Wildman–Crippen MR) is 117 cm³/mol. The minimum atomic E-state index is -0.136. The van der Waals surface area contributed by atoms with Crippen LogP contribution >= 0.6 is 0 Å². The van der Waals surface area contributed by atoms with E-state index < -0.39 is 0 Å². The van der Waals surface area contributed by atoms with Gasteiger partial charge < -0.3 is 19.7 Å². The third-order valence-corrected chi connectivity index (χ3v) is 5.25. The molecule has 156 valence electrons. The van der Waals surface area contributed by atoms with Crippen LogP contribution in [-0.2, 0) is 4.79 Å². The Bertz CT molecular complexity index is 1020. The number of amides is 1. The minimum absolute atomic E-state index is 0.0107. The van der Waals surface area contributed by atoms with Gasteiger partial charge in [0.15, 0.2) is 5.82 Å². The summed E-state index contributed by atoms with van der Waals surface area (Å²) in [6, 6.07) is 15.1. The van der Waals surface area contributed by atoms with E-state index in [0.29, 0.717) is 24.8 Å². The lowest BCUT2D eigenvalue weighted by Gasteiger charge is -2.33. The van der Waals surface area contributed by atoms with Crippen molar-refractivity contribution >= 4 is 28.4 Å². The maximum absolute atomic E-state index is 12.9. The van der Waals surface area contributed by atoms with Crippen molar-refractivity contribution in [1.29, 1.82) is 0 Å². The summed E-state index contributed by atoms with van der Waals surface area (Å²) >= 11 is 0. The second-order valence-electron chi connectivity index (χ2n) is 7.28. The number of methoxy groups -OCH3 is 1. The largest absolute Gasteiger partial charge is 0.497 e. The normalized spacial score (nSPS) is 16.3. The van der Waals surface area contributed by atoms with Crippen molar-refractivity contribution < 1.29 is 14.3 Å². The summed E-state index contributed by atoms with van der Waals surface area (Å²) < 4.78 is 11.0. The summed E-state index contributed by atoms with van der Waals surface area (Å²) in [4.78, 5) is 24.5. The van der Waals surface area contributed by atoms with E-state index in [9.17, 15) is 4.79 Å². The number of rotatable bonds is 6. The van der Waals surface area contributed by atoms with E-state index in [1.165, 1.54) is 0 Å². The summed E-state index contributed by atoms with van der Waals surface area (Å²) in [7, 11) is 1.62. The van der Waals surface area contributed by atoms with Crippen LogP contribution in [0.3, 0.4) is 0 Å². The van der Waals surface area contributed by atoms with Gasteiger partial charge in [-0.25, -0.2) is 9.97 Å². The van der Waals surface area contributed by atoms with E-state index >= 15 is 0 Å². The highest BCUT2D eigenvalue weighted by Gasteiger charge is 2.29. The van der Waals surface area contributed by atoms with Gasteiger partial charge >= 0.3 is 0 Å². The van der Waals surface area contributed by atoms with Crippen LogP contribution in [0.1, 0.15) is 19.8 Å². The number of aromatic nitrogens is 2. The molecule has 0 aliphatic carbocycles. The van der Waals surface area contributed by atoms with Crippen LogP contribution in [0.15, 0.2) is 48.5 Å². The van der Waals surface area contributed by atoms with E-state index in [0.717, 1.165) is 41.9 Å². The van der Waals surface area contributed by atoms with Crippen LogP contribution in [0.25, 0.3) is 11.0 Å². The number of fused-ring (bicyclic) bond motifs is 1. The van der Waals surface area contributed by atoms with Crippen LogP contribution in [0, 0.1) is 5.92 Å². The molecule has 0 bridgehead atoms. The van der Waals surface area contributed by atoms with Gasteiger partial charge in [0.05, 0.1) is 30.7 Å². The number of carbonyl (C=O) groups is 1. The van der Waals surface area contributed by atoms with Crippen LogP contribution in [0.5, 0.6) is 11.6 Å². The first kappa shape index (κ1) is 19.9. The number of para-hydroxylation sites is 2. The van der Waals surface area contributed by atoms with E-state index in [1.54, 1.807) is 7.11 Å². The van der Waals surface area contributed by atoms with E-state index in [2.05, 4.69) is 15.2 Å². The summed E-state index contributed by atoms with van der Waals surface area (Å²) in [5.41, 5.74) is 2.38. The number of nitrogens with zero attached hydrogens (tertiary/aromatic N) is 3. The molecule has 0 radical (unpaired) electrons. The van der Waals surface area contributed by atoms with Crippen molar-refractivity contribution in [3.05, 3.63) is 48.5 Å². The number of hydrogen-bond donors (Lipinski definition) is 1. The molecule has 1 saturated heterocycles. The van der Waals surface area contributed by atoms with E-state index in [4.69, 9.17) is 14.5 Å². The molecule has 2 aromatic carbocycles. The second-order valence-corrected chi connectivity index (χ2v) is 7.28. The summed E-state index contributed by atoms with van der Waals surface area (Å²) in [5, 5.41) is 3.02. The third-order valence-electron chi connectivity index (χ3n) is 5.25. The van der Waals surface area contributed by atoms with Crippen LogP contribution < -0.4 is 19.7 Å². The molecule has 2 heterocycles. The molecule has 3 aromatic rings. The van der Waals surface area contributed by atoms with Gasteiger partial charge in [-0.3, -0.25) is 4.79 Å². The average Bonchev–Trinajstić information content (AvgIpc) is 2.79. The Morgan fingerprint density at radius 3 is 2.57 bits per heavy atom. The lowest BCUT2D eigenvalue weighted by atomic mass is 9.97. The molecule has 1 amide bonds. The number of piperidine rings is 1. The summed E-state index contributed by atoms with van der Waals surface area (Å²) in [5.74, 6) is 1.86. The molecule has 1 N–H and O–H groups in total. The zero-order valence-electron chi connectivity index (χ0n) is 17.3. The van der Waals surface area contributed by atoms with Gasteiger partial charge in [-0.1, -0.05) is 12.1 Å². The number of ether oxygens (including phenoxy) is 2. The van der Waals surface area contributed by atoms with Crippen molar-refractivity contribution in [3.8, 4) is 11.6 Å². The number of carbonyl (C=O) groups excluding carboxylic acids is 1. The number of hydrogen-bond acceptors (Lipinski definition) is 6. The fourth-order valence-corrected chi connectivity index (χ4v) is 3.72. The molecule has 0 unspecified atom stereocenters. The highest BCUT2D eigenvalue weighted by atomic mass is 16.5. The first-order chi connectivity index (χ1) is 14.7. The van der Waals surface area contributed by atoms with Crippen molar-refractivity contribution in [2.45, 2.75) is 19.8 Å². The SMILES string of the molecule is CCOc1nc2ccccc2nc1N1CCC[C@H](C(=O)Nc2ccc(OC)cc2)C1. The predicted octanol–water partition coefficient (Wildman–Crippen LogP) is 3.89. The van der Waals surface area contributed by atoms with Gasteiger partial charge in [0.1, 0.15) is 5.75 Å². The Kier molecular flexibility index (Phi) is 5.97. The average molecular weight is 406 g/mol. The molecule has 7 nitrogen and oxygen atoms in total. The van der Waals surface area contributed by atoms with Gasteiger partial charge in [0.2, 0.25) is 5.91 Å². The first-order valence-corrected chi connectivity index (χ1v) is 10.3. The fraction of sp³-hybridized carbons (Fsp3) is 0.348. The highest BCUT2D eigenvalue weighted by molar-refractivity contribution is 5.93. The van der Waals surface area contributed by atoms with Crippen molar-refractivity contribution in [1.82, 2.24) is 9.97 Å². The Balaban J connectivity index is 1.53. The van der Waals surface area contributed by atoms with Gasteiger partial charge in [0, 0.05) is 18.8 Å². The molecule has 1 fully saturated rings. The zero-order valence-corrected chi connectivity index (χ0v) is 17.3. The molecular weight excluding hydrogens is 380 g/mol. The molecule has 1 aliphatic heterocycles. The van der Waals surface area contributed by atoms with E-state index in [-0.39, 0.29) is 11.8 Å². The summed E-state index contributed by atoms with van der Waals surface area (Å²) in [6.45, 7) is 3.84. The Labute approximate surface area is 176 Å². The lowest BCUT2D eigenvalue weighted by Crippen LogP contribution is -2.41. The van der Waals surface area contributed by atoms with E-state index in [1.807, 2.05) is 55.5 Å². The molecule has 30 heavy (non-hydrogen) atoms. The number of benzene rings is 2. The molecule has 1 aliphatic rings. The topological polar surface area (TPSA) is 76.6 Å². The molecule has 0 spiro atoms. The van der Waals surface area contributed by atoms with Gasteiger partial charge in [-0.2, -0.15) is 0 Å². The van der Waals surface area contributed by atoms with Crippen molar-refractivity contribution in [2.75, 3.05) is 37.0 Å². The Morgan fingerprint density at radius 1 is 1.13 bits per heavy atom. The van der Waals surface area contributed by atoms with Crippen molar-refractivity contribution in [3.63, 3.8) is 0 Å². The lowest BCUT2D eigenvalue weighted by molar-refractivity contribution is -0.120.